The topological polar surface area (TPSA) is 81.2 Å². The van der Waals surface area contributed by atoms with Crippen LogP contribution in [0.4, 0.5) is 4.39 Å². The number of aryl methyl sites for hydroxylation is 1. The summed E-state index contributed by atoms with van der Waals surface area (Å²) < 4.78 is 20.3. The Labute approximate surface area is 154 Å². The summed E-state index contributed by atoms with van der Waals surface area (Å²) in [7, 11) is 1.60. The third-order valence-corrected chi connectivity index (χ3v) is 4.70. The van der Waals surface area contributed by atoms with Gasteiger partial charge in [-0.1, -0.05) is 17.3 Å². The molecule has 4 rings (SSSR count). The van der Waals surface area contributed by atoms with Gasteiger partial charge in [-0.05, 0) is 46.3 Å². The molecule has 2 heterocycles. The molecule has 1 N–H and O–H groups in total. The Morgan fingerprint density at radius 3 is 2.77 bits per heavy atom. The fraction of sp³-hybridized carbons (Fsp3) is 0.0556. The van der Waals surface area contributed by atoms with Crippen LogP contribution >= 0.6 is 15.9 Å². The zero-order valence-electron chi connectivity index (χ0n) is 13.4. The van der Waals surface area contributed by atoms with Gasteiger partial charge in [-0.25, -0.2) is 4.39 Å². The van der Waals surface area contributed by atoms with Crippen molar-refractivity contribution in [2.24, 2.45) is 7.05 Å². The highest BCUT2D eigenvalue weighted by Crippen LogP contribution is 2.33. The molecular formula is C18H11BrFN3O3. The lowest BCUT2D eigenvalue weighted by atomic mass is 10.1. The number of aromatic nitrogens is 3. The van der Waals surface area contributed by atoms with Crippen LogP contribution in [-0.2, 0) is 7.05 Å². The first-order valence-electron chi connectivity index (χ1n) is 7.57. The quantitative estimate of drug-likeness (QED) is 0.537. The lowest BCUT2D eigenvalue weighted by molar-refractivity contribution is 0.425. The summed E-state index contributed by atoms with van der Waals surface area (Å²) in [6.07, 6.45) is 0. The maximum atomic E-state index is 13.4. The van der Waals surface area contributed by atoms with E-state index in [-0.39, 0.29) is 27.5 Å². The van der Waals surface area contributed by atoms with Gasteiger partial charge < -0.3 is 14.2 Å². The molecule has 0 unspecified atom stereocenters. The number of pyridine rings is 1. The largest absolute Gasteiger partial charge is 0.506 e. The van der Waals surface area contributed by atoms with Crippen LogP contribution in [0.15, 0.2) is 56.3 Å². The highest BCUT2D eigenvalue weighted by molar-refractivity contribution is 9.10. The number of para-hydroxylation sites is 1. The number of hydrogen-bond acceptors (Lipinski definition) is 5. The third kappa shape index (κ3) is 2.50. The zero-order valence-corrected chi connectivity index (χ0v) is 15.0. The van der Waals surface area contributed by atoms with Crippen LogP contribution in [0.1, 0.15) is 0 Å². The molecule has 0 fully saturated rings. The minimum atomic E-state index is -0.461. The molecule has 130 valence electrons. The van der Waals surface area contributed by atoms with E-state index in [0.29, 0.717) is 16.5 Å². The molecule has 0 spiro atoms. The van der Waals surface area contributed by atoms with Gasteiger partial charge in [0.05, 0.1) is 9.99 Å². The molecule has 4 aromatic rings. The first kappa shape index (κ1) is 16.5. The van der Waals surface area contributed by atoms with Gasteiger partial charge in [-0.15, -0.1) is 0 Å². The van der Waals surface area contributed by atoms with Crippen molar-refractivity contribution in [3.05, 3.63) is 63.1 Å². The molecule has 8 heteroatoms. The summed E-state index contributed by atoms with van der Waals surface area (Å²) in [6.45, 7) is 0. The predicted molar refractivity (Wildman–Crippen MR) is 97.2 cm³/mol. The van der Waals surface area contributed by atoms with Crippen LogP contribution in [-0.4, -0.2) is 19.8 Å². The molecule has 0 amide bonds. The van der Waals surface area contributed by atoms with Crippen molar-refractivity contribution in [3.63, 3.8) is 0 Å². The van der Waals surface area contributed by atoms with E-state index in [1.807, 2.05) is 0 Å². The summed E-state index contributed by atoms with van der Waals surface area (Å²) in [6, 6.07) is 11.2. The third-order valence-electron chi connectivity index (χ3n) is 4.09. The second kappa shape index (κ2) is 6.06. The van der Waals surface area contributed by atoms with E-state index in [1.165, 1.54) is 22.8 Å². The van der Waals surface area contributed by atoms with Crippen molar-refractivity contribution in [1.82, 2.24) is 14.7 Å². The van der Waals surface area contributed by atoms with Crippen LogP contribution in [0, 0.1) is 5.82 Å². The molecule has 0 bridgehead atoms. The van der Waals surface area contributed by atoms with E-state index >= 15 is 0 Å². The van der Waals surface area contributed by atoms with Crippen LogP contribution in [0.5, 0.6) is 5.75 Å². The van der Waals surface area contributed by atoms with E-state index in [2.05, 4.69) is 26.1 Å². The number of nitrogens with zero attached hydrogens (tertiary/aromatic N) is 3. The van der Waals surface area contributed by atoms with Crippen molar-refractivity contribution < 1.29 is 14.0 Å². The molecule has 2 aromatic heterocycles. The first-order chi connectivity index (χ1) is 12.5. The summed E-state index contributed by atoms with van der Waals surface area (Å²) in [5.74, 6) is -0.572. The standard InChI is InChI=1S/C18H11BrFN3O3/c1-23-13-5-3-2-4-10(13)15(24)14(18(23)25)17-21-16(22-26-17)9-6-7-12(20)11(19)8-9/h2-8,24H,1H3. The van der Waals surface area contributed by atoms with Crippen molar-refractivity contribution in [1.29, 1.82) is 0 Å². The van der Waals surface area contributed by atoms with Crippen molar-refractivity contribution in [2.75, 3.05) is 0 Å². The van der Waals surface area contributed by atoms with Crippen LogP contribution in [0.25, 0.3) is 33.7 Å². The number of benzene rings is 2. The molecule has 0 saturated heterocycles. The molecule has 2 aromatic carbocycles. The molecule has 0 aliphatic heterocycles. The maximum Gasteiger partial charge on any atom is 0.267 e. The van der Waals surface area contributed by atoms with Crippen LogP contribution < -0.4 is 5.56 Å². The van der Waals surface area contributed by atoms with E-state index in [0.717, 1.165) is 0 Å². The number of rotatable bonds is 2. The highest BCUT2D eigenvalue weighted by Gasteiger charge is 2.22. The van der Waals surface area contributed by atoms with Gasteiger partial charge in [-0.2, -0.15) is 4.98 Å². The smallest absolute Gasteiger partial charge is 0.267 e. The van der Waals surface area contributed by atoms with E-state index in [4.69, 9.17) is 4.52 Å². The Morgan fingerprint density at radius 1 is 1.23 bits per heavy atom. The summed E-state index contributed by atoms with van der Waals surface area (Å²) in [4.78, 5) is 16.9. The Balaban J connectivity index is 1.91. The maximum absolute atomic E-state index is 13.4. The Bertz CT molecular complexity index is 1220. The molecule has 0 radical (unpaired) electrons. The fourth-order valence-electron chi connectivity index (χ4n) is 2.75. The SMILES string of the molecule is Cn1c(=O)c(-c2nc(-c3ccc(F)c(Br)c3)no2)c(O)c2ccccc21. The van der Waals surface area contributed by atoms with E-state index < -0.39 is 11.4 Å². The molecule has 0 saturated carbocycles. The summed E-state index contributed by atoms with van der Waals surface area (Å²) in [5.41, 5.74) is 0.550. The van der Waals surface area contributed by atoms with E-state index in [9.17, 15) is 14.3 Å². The molecule has 26 heavy (non-hydrogen) atoms. The minimum Gasteiger partial charge on any atom is -0.506 e. The van der Waals surface area contributed by atoms with Gasteiger partial charge in [-0.3, -0.25) is 4.79 Å². The van der Waals surface area contributed by atoms with Gasteiger partial charge in [0.15, 0.2) is 0 Å². The molecule has 6 nitrogen and oxygen atoms in total. The average molecular weight is 416 g/mol. The number of aromatic hydroxyl groups is 1. The summed E-state index contributed by atoms with van der Waals surface area (Å²) in [5, 5.41) is 14.9. The zero-order chi connectivity index (χ0) is 18.4. The minimum absolute atomic E-state index is 0.0777. The van der Waals surface area contributed by atoms with Crippen LogP contribution in [0.3, 0.4) is 0 Å². The van der Waals surface area contributed by atoms with Gasteiger partial charge in [0.2, 0.25) is 5.82 Å². The number of hydrogen-bond donors (Lipinski definition) is 1. The van der Waals surface area contributed by atoms with Crippen LogP contribution in [0.2, 0.25) is 0 Å². The number of halogens is 2. The van der Waals surface area contributed by atoms with Gasteiger partial charge in [0, 0.05) is 18.0 Å². The Hall–Kier alpha value is -3.00. The predicted octanol–water partition coefficient (Wildman–Crippen LogP) is 3.86. The van der Waals surface area contributed by atoms with Gasteiger partial charge in [0.1, 0.15) is 17.1 Å². The average Bonchev–Trinajstić information content (AvgIpc) is 3.12. The number of fused-ring (bicyclic) bond motifs is 1. The fourth-order valence-corrected chi connectivity index (χ4v) is 3.13. The molecule has 0 atom stereocenters. The van der Waals surface area contributed by atoms with Gasteiger partial charge in [0.25, 0.3) is 11.4 Å². The monoisotopic (exact) mass is 415 g/mol. The van der Waals surface area contributed by atoms with Crippen molar-refractivity contribution >= 4 is 26.8 Å². The van der Waals surface area contributed by atoms with Crippen molar-refractivity contribution in [3.8, 4) is 28.6 Å². The van der Waals surface area contributed by atoms with Crippen molar-refractivity contribution in [2.45, 2.75) is 0 Å². The second-order valence-corrected chi connectivity index (χ2v) is 6.51. The molecular weight excluding hydrogens is 405 g/mol. The van der Waals surface area contributed by atoms with Gasteiger partial charge >= 0.3 is 0 Å². The Morgan fingerprint density at radius 2 is 2.00 bits per heavy atom. The molecule has 0 aliphatic rings. The normalized spacial score (nSPS) is 11.2. The summed E-state index contributed by atoms with van der Waals surface area (Å²) >= 11 is 3.10. The first-order valence-corrected chi connectivity index (χ1v) is 8.37. The highest BCUT2D eigenvalue weighted by atomic mass is 79.9. The lowest BCUT2D eigenvalue weighted by Crippen LogP contribution is -2.19. The lowest BCUT2D eigenvalue weighted by Gasteiger charge is -2.09. The van der Waals surface area contributed by atoms with E-state index in [1.54, 1.807) is 31.3 Å². The second-order valence-electron chi connectivity index (χ2n) is 5.66. The Kier molecular flexibility index (Phi) is 3.84. The molecule has 0 aliphatic carbocycles.